The van der Waals surface area contributed by atoms with E-state index in [0.717, 1.165) is 41.7 Å². The summed E-state index contributed by atoms with van der Waals surface area (Å²) in [7, 11) is 3.21. The molecule has 0 saturated heterocycles. The molecule has 1 aliphatic rings. The van der Waals surface area contributed by atoms with Gasteiger partial charge in [0.25, 0.3) is 5.91 Å². The van der Waals surface area contributed by atoms with Gasteiger partial charge >= 0.3 is 0 Å². The lowest BCUT2D eigenvalue weighted by atomic mass is 9.97. The van der Waals surface area contributed by atoms with E-state index in [1.165, 1.54) is 0 Å². The minimum Gasteiger partial charge on any atom is -0.497 e. The van der Waals surface area contributed by atoms with Crippen LogP contribution >= 0.6 is 11.6 Å². The fourth-order valence-corrected chi connectivity index (χ4v) is 5.43. The molecule has 1 aromatic heterocycles. The molecule has 0 N–H and O–H groups in total. The van der Waals surface area contributed by atoms with Crippen molar-refractivity contribution in [2.45, 2.75) is 45.6 Å². The van der Waals surface area contributed by atoms with E-state index in [-0.39, 0.29) is 17.1 Å². The minimum atomic E-state index is -0.667. The quantitative estimate of drug-likeness (QED) is 0.177. The molecule has 0 spiro atoms. The monoisotopic (exact) mass is 575 g/mol. The van der Waals surface area contributed by atoms with E-state index in [1.54, 1.807) is 31.3 Å². The molecule has 1 atom stereocenters. The number of carbonyl (C=O) groups excluding carboxylic acids is 1. The highest BCUT2D eigenvalue weighted by Gasteiger charge is 2.42. The lowest BCUT2D eigenvalue weighted by Crippen LogP contribution is -2.31. The third kappa shape index (κ3) is 5.64. The fraction of sp³-hybridized carbons (Fsp3) is 0.333. The molecule has 41 heavy (non-hydrogen) atoms. The molecule has 3 aromatic carbocycles. The van der Waals surface area contributed by atoms with Gasteiger partial charge in [0.05, 0.1) is 37.8 Å². The van der Waals surface area contributed by atoms with E-state index in [2.05, 4.69) is 6.92 Å². The Morgan fingerprint density at radius 1 is 0.951 bits per heavy atom. The first-order valence-corrected chi connectivity index (χ1v) is 14.3. The lowest BCUT2D eigenvalue weighted by Gasteiger charge is -2.26. The number of rotatable bonds is 11. The summed E-state index contributed by atoms with van der Waals surface area (Å²) in [5.74, 6) is 1.65. The topological polar surface area (TPSA) is 78.2 Å². The molecule has 0 saturated carbocycles. The van der Waals surface area contributed by atoms with Crippen LogP contribution in [0.2, 0.25) is 5.02 Å². The maximum Gasteiger partial charge on any atom is 0.290 e. The maximum absolute atomic E-state index is 14.0. The van der Waals surface area contributed by atoms with Gasteiger partial charge < -0.3 is 23.5 Å². The van der Waals surface area contributed by atoms with Crippen molar-refractivity contribution in [2.75, 3.05) is 27.4 Å². The maximum atomic E-state index is 14.0. The number of methoxy groups -OCH3 is 2. The average molecular weight is 576 g/mol. The first kappa shape index (κ1) is 28.6. The van der Waals surface area contributed by atoms with Gasteiger partial charge in [-0.3, -0.25) is 9.59 Å². The zero-order valence-corrected chi connectivity index (χ0v) is 24.5. The summed E-state index contributed by atoms with van der Waals surface area (Å²) in [6.07, 6.45) is 3.70. The third-order valence-corrected chi connectivity index (χ3v) is 7.96. The summed E-state index contributed by atoms with van der Waals surface area (Å²) in [4.78, 5) is 29.5. The Balaban J connectivity index is 1.57. The summed E-state index contributed by atoms with van der Waals surface area (Å²) in [5, 5.41) is 0.810. The fourth-order valence-electron chi connectivity index (χ4n) is 5.27. The van der Waals surface area contributed by atoms with Gasteiger partial charge in [0.1, 0.15) is 11.3 Å². The SMILES string of the molecule is CCCCCOc1ccc(C2c3c(oc4cc(C)c(Cl)cc4c3=O)C(=O)N2CCc2ccc(OC)cc2)cc1OC. The molecule has 1 unspecified atom stereocenters. The van der Waals surface area contributed by atoms with Crippen LogP contribution in [0.15, 0.2) is 63.8 Å². The molecule has 8 heteroatoms. The summed E-state index contributed by atoms with van der Waals surface area (Å²) >= 11 is 6.38. The number of hydrogen-bond acceptors (Lipinski definition) is 6. The Hall–Kier alpha value is -3.97. The van der Waals surface area contributed by atoms with E-state index in [9.17, 15) is 9.59 Å². The summed E-state index contributed by atoms with van der Waals surface area (Å²) in [6.45, 7) is 4.93. The molecular formula is C33H34ClNO6. The third-order valence-electron chi connectivity index (χ3n) is 7.56. The molecule has 0 aliphatic carbocycles. The van der Waals surface area contributed by atoms with Crippen molar-refractivity contribution in [3.8, 4) is 17.2 Å². The predicted octanol–water partition coefficient (Wildman–Crippen LogP) is 7.13. The number of aryl methyl sites for hydroxylation is 1. The molecule has 5 rings (SSSR count). The minimum absolute atomic E-state index is 0.0582. The number of hydrogen-bond donors (Lipinski definition) is 0. The Labute approximate surface area is 244 Å². The second-order valence-corrected chi connectivity index (χ2v) is 10.6. The van der Waals surface area contributed by atoms with E-state index in [4.69, 9.17) is 30.2 Å². The van der Waals surface area contributed by atoms with Crippen molar-refractivity contribution in [2.24, 2.45) is 0 Å². The van der Waals surface area contributed by atoms with Crippen molar-refractivity contribution in [3.05, 3.63) is 97.9 Å². The van der Waals surface area contributed by atoms with E-state index in [1.807, 2.05) is 49.4 Å². The largest absolute Gasteiger partial charge is 0.497 e. The second kappa shape index (κ2) is 12.3. The number of ether oxygens (including phenoxy) is 3. The second-order valence-electron chi connectivity index (χ2n) is 10.2. The van der Waals surface area contributed by atoms with Gasteiger partial charge in [0.15, 0.2) is 16.9 Å². The van der Waals surface area contributed by atoms with Crippen LogP contribution in [-0.2, 0) is 6.42 Å². The molecule has 0 bridgehead atoms. The summed E-state index contributed by atoms with van der Waals surface area (Å²) in [6, 6.07) is 15.9. The van der Waals surface area contributed by atoms with Crippen LogP contribution in [0.25, 0.3) is 11.0 Å². The summed E-state index contributed by atoms with van der Waals surface area (Å²) in [5.41, 5.74) is 2.90. The van der Waals surface area contributed by atoms with Gasteiger partial charge in [-0.25, -0.2) is 0 Å². The number of fused-ring (bicyclic) bond motifs is 2. The van der Waals surface area contributed by atoms with Crippen molar-refractivity contribution in [1.29, 1.82) is 0 Å². The van der Waals surface area contributed by atoms with E-state index >= 15 is 0 Å². The van der Waals surface area contributed by atoms with Crippen molar-refractivity contribution in [3.63, 3.8) is 0 Å². The van der Waals surface area contributed by atoms with Crippen LogP contribution < -0.4 is 19.6 Å². The molecule has 214 valence electrons. The number of nitrogens with zero attached hydrogens (tertiary/aromatic N) is 1. The highest BCUT2D eigenvalue weighted by atomic mass is 35.5. The Morgan fingerprint density at radius 3 is 2.44 bits per heavy atom. The first-order valence-electron chi connectivity index (χ1n) is 13.9. The zero-order valence-electron chi connectivity index (χ0n) is 23.8. The smallest absolute Gasteiger partial charge is 0.290 e. The number of unbranched alkanes of at least 4 members (excludes halogenated alkanes) is 2. The van der Waals surface area contributed by atoms with Gasteiger partial charge in [-0.1, -0.05) is 49.6 Å². The lowest BCUT2D eigenvalue weighted by molar-refractivity contribution is 0.0730. The molecule has 1 aliphatic heterocycles. The van der Waals surface area contributed by atoms with Crippen LogP contribution in [-0.4, -0.2) is 38.2 Å². The van der Waals surface area contributed by atoms with Crippen LogP contribution in [0.3, 0.4) is 0 Å². The molecule has 0 fully saturated rings. The Morgan fingerprint density at radius 2 is 1.73 bits per heavy atom. The van der Waals surface area contributed by atoms with E-state index < -0.39 is 6.04 Å². The van der Waals surface area contributed by atoms with Gasteiger partial charge in [0, 0.05) is 11.6 Å². The molecule has 7 nitrogen and oxygen atoms in total. The number of amides is 1. The number of halogens is 1. The van der Waals surface area contributed by atoms with Gasteiger partial charge in [-0.05, 0) is 72.9 Å². The normalized spacial score (nSPS) is 14.4. The first-order chi connectivity index (χ1) is 19.9. The van der Waals surface area contributed by atoms with Crippen LogP contribution in [0.5, 0.6) is 17.2 Å². The van der Waals surface area contributed by atoms with Crippen molar-refractivity contribution < 1.29 is 23.4 Å². The van der Waals surface area contributed by atoms with Gasteiger partial charge in [0.2, 0.25) is 5.76 Å². The number of carbonyl (C=O) groups is 1. The van der Waals surface area contributed by atoms with E-state index in [0.29, 0.717) is 52.6 Å². The molecule has 1 amide bonds. The average Bonchev–Trinajstić information content (AvgIpc) is 3.26. The summed E-state index contributed by atoms with van der Waals surface area (Å²) < 4.78 is 23.1. The molecule has 4 aromatic rings. The van der Waals surface area contributed by atoms with Gasteiger partial charge in [-0.2, -0.15) is 0 Å². The highest BCUT2D eigenvalue weighted by Crippen LogP contribution is 2.41. The van der Waals surface area contributed by atoms with Gasteiger partial charge in [-0.15, -0.1) is 0 Å². The Kier molecular flexibility index (Phi) is 8.54. The molecular weight excluding hydrogens is 542 g/mol. The van der Waals surface area contributed by atoms with Crippen LogP contribution in [0.4, 0.5) is 0 Å². The van der Waals surface area contributed by atoms with Crippen molar-refractivity contribution >= 4 is 28.5 Å². The Bertz CT molecular complexity index is 1630. The number of benzene rings is 3. The van der Waals surface area contributed by atoms with Crippen LogP contribution in [0, 0.1) is 6.92 Å². The molecule has 2 heterocycles. The van der Waals surface area contributed by atoms with Crippen molar-refractivity contribution in [1.82, 2.24) is 4.90 Å². The highest BCUT2D eigenvalue weighted by molar-refractivity contribution is 6.32. The standard InChI is InChI=1S/C33H34ClNO6/c1-5-6-7-16-40-26-13-10-22(18-28(26)39-4)30-29-31(36)24-19-25(34)20(2)17-27(24)41-32(29)33(37)35(30)15-14-21-8-11-23(38-3)12-9-21/h8-13,17-19,30H,5-7,14-16H2,1-4H3. The molecule has 0 radical (unpaired) electrons. The zero-order chi connectivity index (χ0) is 29.1. The predicted molar refractivity (Wildman–Crippen MR) is 160 cm³/mol. The van der Waals surface area contributed by atoms with Crippen LogP contribution in [0.1, 0.15) is 65.0 Å².